The Balaban J connectivity index is 1.78. The Morgan fingerprint density at radius 3 is 2.59 bits per heavy atom. The number of nitrogens with two attached hydrogens (primary N) is 1. The van der Waals surface area contributed by atoms with Gasteiger partial charge in [0.05, 0.1) is 11.4 Å². The second-order valence-electron chi connectivity index (χ2n) is 5.08. The van der Waals surface area contributed by atoms with Crippen molar-refractivity contribution in [2.75, 3.05) is 0 Å². The average molecular weight is 306 g/mol. The molecule has 4 aromatic rings. The SMILES string of the molecule is NCc1ccc(-c2ccc3c(-c4ccsc4)[nH]nc3n2)cc1. The molecule has 0 aliphatic heterocycles. The quantitative estimate of drug-likeness (QED) is 0.605. The molecule has 0 radical (unpaired) electrons. The van der Waals surface area contributed by atoms with Crippen LogP contribution in [0.5, 0.6) is 0 Å². The Bertz CT molecular complexity index is 908. The van der Waals surface area contributed by atoms with Gasteiger partial charge in [0.1, 0.15) is 0 Å². The molecule has 3 heterocycles. The number of nitrogens with zero attached hydrogens (tertiary/aromatic N) is 2. The summed E-state index contributed by atoms with van der Waals surface area (Å²) >= 11 is 1.67. The highest BCUT2D eigenvalue weighted by atomic mass is 32.1. The summed E-state index contributed by atoms with van der Waals surface area (Å²) in [5.41, 5.74) is 11.6. The molecule has 0 aliphatic rings. The van der Waals surface area contributed by atoms with Gasteiger partial charge in [-0.05, 0) is 29.1 Å². The van der Waals surface area contributed by atoms with Crippen molar-refractivity contribution in [2.24, 2.45) is 5.73 Å². The fourth-order valence-electron chi connectivity index (χ4n) is 2.50. The van der Waals surface area contributed by atoms with Crippen LogP contribution in [0.15, 0.2) is 53.2 Å². The van der Waals surface area contributed by atoms with E-state index in [4.69, 9.17) is 5.73 Å². The van der Waals surface area contributed by atoms with E-state index < -0.39 is 0 Å². The van der Waals surface area contributed by atoms with E-state index in [1.807, 2.05) is 30.3 Å². The molecule has 0 fully saturated rings. The van der Waals surface area contributed by atoms with Crippen LogP contribution in [0.4, 0.5) is 0 Å². The van der Waals surface area contributed by atoms with Crippen molar-refractivity contribution < 1.29 is 0 Å². The van der Waals surface area contributed by atoms with Crippen LogP contribution in [0.3, 0.4) is 0 Å². The lowest BCUT2D eigenvalue weighted by Crippen LogP contribution is -1.95. The smallest absolute Gasteiger partial charge is 0.182 e. The molecule has 0 amide bonds. The van der Waals surface area contributed by atoms with E-state index in [0.717, 1.165) is 39.1 Å². The topological polar surface area (TPSA) is 67.6 Å². The summed E-state index contributed by atoms with van der Waals surface area (Å²) in [5, 5.41) is 12.6. The third-order valence-corrected chi connectivity index (χ3v) is 4.40. The van der Waals surface area contributed by atoms with Crippen molar-refractivity contribution in [3.05, 3.63) is 58.8 Å². The van der Waals surface area contributed by atoms with Crippen LogP contribution in [0.1, 0.15) is 5.56 Å². The standard InChI is InChI=1S/C17H14N4S/c18-9-11-1-3-12(4-2-11)15-6-5-14-16(13-7-8-22-10-13)20-21-17(14)19-15/h1-8,10H,9,18H2,(H,19,20,21). The molecule has 4 rings (SSSR count). The van der Waals surface area contributed by atoms with Crippen molar-refractivity contribution >= 4 is 22.4 Å². The molecule has 4 nitrogen and oxygen atoms in total. The maximum absolute atomic E-state index is 5.63. The van der Waals surface area contributed by atoms with Crippen LogP contribution in [0, 0.1) is 0 Å². The largest absolute Gasteiger partial charge is 0.326 e. The first-order chi connectivity index (χ1) is 10.8. The van der Waals surface area contributed by atoms with Gasteiger partial charge in [-0.25, -0.2) is 4.98 Å². The first kappa shape index (κ1) is 13.2. The summed E-state index contributed by atoms with van der Waals surface area (Å²) in [6, 6.07) is 14.3. The third-order valence-electron chi connectivity index (χ3n) is 3.71. The first-order valence-corrected chi connectivity index (χ1v) is 7.96. The molecule has 1 aromatic carbocycles. The molecule has 0 atom stereocenters. The second kappa shape index (κ2) is 5.36. The molecular formula is C17H14N4S. The number of benzene rings is 1. The first-order valence-electron chi connectivity index (χ1n) is 7.02. The van der Waals surface area contributed by atoms with E-state index in [1.54, 1.807) is 11.3 Å². The van der Waals surface area contributed by atoms with Crippen molar-refractivity contribution in [2.45, 2.75) is 6.54 Å². The molecule has 0 saturated carbocycles. The number of aromatic nitrogens is 3. The van der Waals surface area contributed by atoms with Gasteiger partial charge in [0, 0.05) is 28.4 Å². The number of rotatable bonds is 3. The molecule has 22 heavy (non-hydrogen) atoms. The van der Waals surface area contributed by atoms with E-state index in [9.17, 15) is 0 Å². The van der Waals surface area contributed by atoms with Crippen molar-refractivity contribution in [1.82, 2.24) is 15.2 Å². The van der Waals surface area contributed by atoms with Gasteiger partial charge in [-0.15, -0.1) is 0 Å². The maximum Gasteiger partial charge on any atom is 0.182 e. The van der Waals surface area contributed by atoms with Crippen molar-refractivity contribution in [1.29, 1.82) is 0 Å². The average Bonchev–Trinajstić information content (AvgIpc) is 3.23. The monoisotopic (exact) mass is 306 g/mol. The van der Waals surface area contributed by atoms with E-state index in [0.29, 0.717) is 6.54 Å². The van der Waals surface area contributed by atoms with Crippen LogP contribution in [-0.2, 0) is 6.54 Å². The zero-order chi connectivity index (χ0) is 14.9. The van der Waals surface area contributed by atoms with E-state index in [1.165, 1.54) is 0 Å². The predicted octanol–water partition coefficient (Wildman–Crippen LogP) is 3.81. The zero-order valence-electron chi connectivity index (χ0n) is 11.8. The van der Waals surface area contributed by atoms with Gasteiger partial charge in [0.25, 0.3) is 0 Å². The molecule has 5 heteroatoms. The summed E-state index contributed by atoms with van der Waals surface area (Å²) in [6.45, 7) is 0.552. The Labute approximate surface area is 131 Å². The van der Waals surface area contributed by atoms with Crippen LogP contribution < -0.4 is 5.73 Å². The van der Waals surface area contributed by atoms with Gasteiger partial charge >= 0.3 is 0 Å². The van der Waals surface area contributed by atoms with Crippen LogP contribution in [0.2, 0.25) is 0 Å². The maximum atomic E-state index is 5.63. The minimum Gasteiger partial charge on any atom is -0.326 e. The molecule has 0 aliphatic carbocycles. The molecule has 0 saturated heterocycles. The summed E-state index contributed by atoms with van der Waals surface area (Å²) in [6.07, 6.45) is 0. The number of H-pyrrole nitrogens is 1. The minimum atomic E-state index is 0.552. The molecule has 0 unspecified atom stereocenters. The van der Waals surface area contributed by atoms with E-state index in [2.05, 4.69) is 38.1 Å². The number of pyridine rings is 1. The molecule has 108 valence electrons. The normalized spacial score (nSPS) is 11.1. The van der Waals surface area contributed by atoms with Gasteiger partial charge in [-0.2, -0.15) is 16.4 Å². The number of hydrogen-bond donors (Lipinski definition) is 2. The van der Waals surface area contributed by atoms with Gasteiger partial charge in [-0.3, -0.25) is 5.10 Å². The fraction of sp³-hybridized carbons (Fsp3) is 0.0588. The highest BCUT2D eigenvalue weighted by molar-refractivity contribution is 7.08. The minimum absolute atomic E-state index is 0.552. The number of thiophene rings is 1. The zero-order valence-corrected chi connectivity index (χ0v) is 12.6. The number of nitrogens with one attached hydrogen (secondary N) is 1. The third kappa shape index (κ3) is 2.20. The molecular weight excluding hydrogens is 292 g/mol. The predicted molar refractivity (Wildman–Crippen MR) is 90.5 cm³/mol. The highest BCUT2D eigenvalue weighted by Gasteiger charge is 2.10. The van der Waals surface area contributed by atoms with Crippen LogP contribution in [-0.4, -0.2) is 15.2 Å². The van der Waals surface area contributed by atoms with Crippen LogP contribution >= 0.6 is 11.3 Å². The Morgan fingerprint density at radius 1 is 1.00 bits per heavy atom. The molecule has 3 N–H and O–H groups in total. The van der Waals surface area contributed by atoms with Crippen molar-refractivity contribution in [3.8, 4) is 22.5 Å². The Morgan fingerprint density at radius 2 is 1.86 bits per heavy atom. The second-order valence-corrected chi connectivity index (χ2v) is 5.86. The lowest BCUT2D eigenvalue weighted by molar-refractivity contribution is 1.07. The van der Waals surface area contributed by atoms with E-state index in [-0.39, 0.29) is 0 Å². The van der Waals surface area contributed by atoms with Gasteiger partial charge < -0.3 is 5.73 Å². The van der Waals surface area contributed by atoms with Crippen molar-refractivity contribution in [3.63, 3.8) is 0 Å². The summed E-state index contributed by atoms with van der Waals surface area (Å²) in [5.74, 6) is 0. The van der Waals surface area contributed by atoms with Gasteiger partial charge in [-0.1, -0.05) is 24.3 Å². The Hall–Kier alpha value is -2.50. The van der Waals surface area contributed by atoms with Gasteiger partial charge in [0.15, 0.2) is 5.65 Å². The summed E-state index contributed by atoms with van der Waals surface area (Å²) in [7, 11) is 0. The van der Waals surface area contributed by atoms with E-state index >= 15 is 0 Å². The summed E-state index contributed by atoms with van der Waals surface area (Å²) < 4.78 is 0. The fourth-order valence-corrected chi connectivity index (χ4v) is 3.14. The lowest BCUT2D eigenvalue weighted by Gasteiger charge is -2.02. The van der Waals surface area contributed by atoms with Crippen LogP contribution in [0.25, 0.3) is 33.5 Å². The molecule has 0 spiro atoms. The van der Waals surface area contributed by atoms with Gasteiger partial charge in [0.2, 0.25) is 0 Å². The molecule has 0 bridgehead atoms. The number of hydrogen-bond acceptors (Lipinski definition) is 4. The number of aromatic amines is 1. The molecule has 3 aromatic heterocycles. The number of fused-ring (bicyclic) bond motifs is 1. The highest BCUT2D eigenvalue weighted by Crippen LogP contribution is 2.29. The summed E-state index contributed by atoms with van der Waals surface area (Å²) in [4.78, 5) is 4.66. The lowest BCUT2D eigenvalue weighted by atomic mass is 10.1. The Kier molecular flexibility index (Phi) is 3.21.